The molecule has 0 unspecified atom stereocenters. The highest BCUT2D eigenvalue weighted by Crippen LogP contribution is 2.20. The molecule has 0 atom stereocenters. The third-order valence-corrected chi connectivity index (χ3v) is 4.27. The number of hydrogen-bond acceptors (Lipinski definition) is 7. The van der Waals surface area contributed by atoms with Crippen LogP contribution in [-0.2, 0) is 29.2 Å². The van der Waals surface area contributed by atoms with Crippen molar-refractivity contribution in [2.24, 2.45) is 0 Å². The standard InChI is InChI=1S/C19H23N5O6/c1-19(2,3)30-18(26)22-8-9-23-15(11-22)10-20-16(23)21-17(25)29-12-13-4-6-14(7-5-13)24(27)28/h4-7,10H,8-9,11-12H2,1-3H3,(H,20,21,25). The molecule has 1 aromatic heterocycles. The first-order chi connectivity index (χ1) is 14.1. The number of nitro groups is 1. The molecule has 0 spiro atoms. The molecule has 11 nitrogen and oxygen atoms in total. The molecule has 30 heavy (non-hydrogen) atoms. The zero-order valence-corrected chi connectivity index (χ0v) is 17.0. The smallest absolute Gasteiger partial charge is 0.414 e. The van der Waals surface area contributed by atoms with Crippen molar-refractivity contribution in [1.29, 1.82) is 0 Å². The van der Waals surface area contributed by atoms with Crippen molar-refractivity contribution in [3.63, 3.8) is 0 Å². The van der Waals surface area contributed by atoms with Crippen molar-refractivity contribution < 1.29 is 24.0 Å². The SMILES string of the molecule is CC(C)(C)OC(=O)N1CCn2c(cnc2NC(=O)OCc2ccc([N+](=O)[O-])cc2)C1. The van der Waals surface area contributed by atoms with Gasteiger partial charge in [0.15, 0.2) is 0 Å². The van der Waals surface area contributed by atoms with Crippen LogP contribution < -0.4 is 5.32 Å². The normalized spacial score (nSPS) is 13.4. The van der Waals surface area contributed by atoms with Gasteiger partial charge in [0, 0.05) is 25.2 Å². The molecule has 1 aliphatic heterocycles. The van der Waals surface area contributed by atoms with E-state index in [0.717, 1.165) is 5.69 Å². The molecule has 160 valence electrons. The van der Waals surface area contributed by atoms with Gasteiger partial charge in [-0.05, 0) is 38.5 Å². The van der Waals surface area contributed by atoms with Gasteiger partial charge in [-0.1, -0.05) is 0 Å². The molecule has 0 aliphatic carbocycles. The predicted molar refractivity (Wildman–Crippen MR) is 106 cm³/mol. The van der Waals surface area contributed by atoms with E-state index >= 15 is 0 Å². The molecule has 11 heteroatoms. The Balaban J connectivity index is 1.54. The van der Waals surface area contributed by atoms with Gasteiger partial charge in [0.2, 0.25) is 5.95 Å². The minimum atomic E-state index is -0.698. The molecule has 1 aromatic carbocycles. The Bertz CT molecular complexity index is 947. The number of anilines is 1. The van der Waals surface area contributed by atoms with Gasteiger partial charge in [-0.15, -0.1) is 0 Å². The van der Waals surface area contributed by atoms with E-state index in [1.165, 1.54) is 24.3 Å². The topological polar surface area (TPSA) is 129 Å². The number of nitrogens with one attached hydrogen (secondary N) is 1. The highest BCUT2D eigenvalue weighted by molar-refractivity contribution is 5.82. The number of rotatable bonds is 4. The van der Waals surface area contributed by atoms with E-state index in [4.69, 9.17) is 9.47 Å². The summed E-state index contributed by atoms with van der Waals surface area (Å²) in [6.07, 6.45) is 0.492. The predicted octanol–water partition coefficient (Wildman–Crippen LogP) is 3.29. The molecule has 2 heterocycles. The van der Waals surface area contributed by atoms with Crippen LogP contribution in [0, 0.1) is 10.1 Å². The number of ether oxygens (including phenoxy) is 2. The summed E-state index contributed by atoms with van der Waals surface area (Å²) < 4.78 is 12.3. The maximum absolute atomic E-state index is 12.2. The number of amides is 2. The van der Waals surface area contributed by atoms with Crippen LogP contribution in [0.15, 0.2) is 30.5 Å². The van der Waals surface area contributed by atoms with Crippen molar-refractivity contribution in [1.82, 2.24) is 14.5 Å². The van der Waals surface area contributed by atoms with Crippen LogP contribution in [0.5, 0.6) is 0 Å². The van der Waals surface area contributed by atoms with E-state index in [9.17, 15) is 19.7 Å². The first-order valence-corrected chi connectivity index (χ1v) is 9.32. The Morgan fingerprint density at radius 2 is 1.93 bits per heavy atom. The van der Waals surface area contributed by atoms with Crippen molar-refractivity contribution in [2.45, 2.75) is 46.1 Å². The lowest BCUT2D eigenvalue weighted by atomic mass is 10.2. The van der Waals surface area contributed by atoms with Gasteiger partial charge in [-0.2, -0.15) is 0 Å². The maximum Gasteiger partial charge on any atom is 0.414 e. The van der Waals surface area contributed by atoms with Crippen molar-refractivity contribution in [2.75, 3.05) is 11.9 Å². The Morgan fingerprint density at radius 1 is 1.23 bits per heavy atom. The number of aromatic nitrogens is 2. The first-order valence-electron chi connectivity index (χ1n) is 9.32. The molecule has 1 aliphatic rings. The Labute approximate surface area is 172 Å². The molecule has 0 radical (unpaired) electrons. The van der Waals surface area contributed by atoms with Crippen LogP contribution in [0.3, 0.4) is 0 Å². The van der Waals surface area contributed by atoms with E-state index in [2.05, 4.69) is 10.3 Å². The molecule has 0 saturated carbocycles. The number of carbonyl (C=O) groups excluding carboxylic acids is 2. The number of imidazole rings is 1. The number of benzene rings is 1. The number of non-ortho nitro benzene ring substituents is 1. The number of hydrogen-bond donors (Lipinski definition) is 1. The third-order valence-electron chi connectivity index (χ3n) is 4.27. The Kier molecular flexibility index (Phi) is 5.90. The number of nitrogens with zero attached hydrogens (tertiary/aromatic N) is 4. The lowest BCUT2D eigenvalue weighted by Gasteiger charge is -2.31. The maximum atomic E-state index is 12.2. The molecule has 3 rings (SSSR count). The minimum absolute atomic E-state index is 0.0346. The molecular weight excluding hydrogens is 394 g/mol. The van der Waals surface area contributed by atoms with Gasteiger partial charge in [0.1, 0.15) is 12.2 Å². The van der Waals surface area contributed by atoms with Crippen molar-refractivity contribution >= 4 is 23.8 Å². The van der Waals surface area contributed by atoms with Crippen LogP contribution >= 0.6 is 0 Å². The summed E-state index contributed by atoms with van der Waals surface area (Å²) >= 11 is 0. The monoisotopic (exact) mass is 417 g/mol. The van der Waals surface area contributed by atoms with Crippen LogP contribution in [0.25, 0.3) is 0 Å². The number of carbonyl (C=O) groups is 2. The number of nitro benzene ring substituents is 1. The van der Waals surface area contributed by atoms with Gasteiger partial charge in [-0.3, -0.25) is 15.4 Å². The van der Waals surface area contributed by atoms with Crippen LogP contribution in [0.1, 0.15) is 32.0 Å². The molecule has 0 saturated heterocycles. The molecule has 0 bridgehead atoms. The summed E-state index contributed by atoms with van der Waals surface area (Å²) in [6.45, 7) is 6.58. The quantitative estimate of drug-likeness (QED) is 0.597. The van der Waals surface area contributed by atoms with E-state index in [1.807, 2.05) is 20.8 Å². The molecule has 0 fully saturated rings. The Hall–Kier alpha value is -3.63. The highest BCUT2D eigenvalue weighted by Gasteiger charge is 2.27. The highest BCUT2D eigenvalue weighted by atomic mass is 16.6. The van der Waals surface area contributed by atoms with Gasteiger partial charge >= 0.3 is 12.2 Å². The summed E-state index contributed by atoms with van der Waals surface area (Å²) in [7, 11) is 0. The van der Waals surface area contributed by atoms with Crippen LogP contribution in [0.2, 0.25) is 0 Å². The second kappa shape index (κ2) is 8.39. The Morgan fingerprint density at radius 3 is 2.57 bits per heavy atom. The van der Waals surface area contributed by atoms with Gasteiger partial charge in [0.05, 0.1) is 23.4 Å². The number of fused-ring (bicyclic) bond motifs is 1. The van der Waals surface area contributed by atoms with E-state index in [1.54, 1.807) is 15.7 Å². The van der Waals surface area contributed by atoms with E-state index in [0.29, 0.717) is 31.1 Å². The molecule has 2 aromatic rings. The average Bonchev–Trinajstić information content (AvgIpc) is 3.07. The van der Waals surface area contributed by atoms with E-state index in [-0.39, 0.29) is 12.3 Å². The molecule has 2 amide bonds. The van der Waals surface area contributed by atoms with Gasteiger partial charge in [0.25, 0.3) is 5.69 Å². The first kappa shape index (κ1) is 21.1. The van der Waals surface area contributed by atoms with E-state index < -0.39 is 22.7 Å². The fourth-order valence-electron chi connectivity index (χ4n) is 2.85. The van der Waals surface area contributed by atoms with Gasteiger partial charge < -0.3 is 18.9 Å². The van der Waals surface area contributed by atoms with Gasteiger partial charge in [-0.25, -0.2) is 14.6 Å². The van der Waals surface area contributed by atoms with Crippen LogP contribution in [-0.4, -0.2) is 43.7 Å². The summed E-state index contributed by atoms with van der Waals surface area (Å²) in [5.41, 5.74) is 0.772. The third kappa shape index (κ3) is 5.25. The van der Waals surface area contributed by atoms with Crippen molar-refractivity contribution in [3.8, 4) is 0 Å². The van der Waals surface area contributed by atoms with Crippen molar-refractivity contribution in [3.05, 3.63) is 51.8 Å². The lowest BCUT2D eigenvalue weighted by Crippen LogP contribution is -2.41. The summed E-state index contributed by atoms with van der Waals surface area (Å²) in [6, 6.07) is 5.73. The zero-order chi connectivity index (χ0) is 21.9. The second-order valence-electron chi connectivity index (χ2n) is 7.75. The fraction of sp³-hybridized carbons (Fsp3) is 0.421. The van der Waals surface area contributed by atoms with Crippen LogP contribution in [0.4, 0.5) is 21.2 Å². The summed E-state index contributed by atoms with van der Waals surface area (Å²) in [4.78, 5) is 40.3. The summed E-state index contributed by atoms with van der Waals surface area (Å²) in [5, 5.41) is 13.2. The lowest BCUT2D eigenvalue weighted by molar-refractivity contribution is -0.384. The fourth-order valence-corrected chi connectivity index (χ4v) is 2.85. The molecule has 1 N–H and O–H groups in total. The minimum Gasteiger partial charge on any atom is -0.444 e. The zero-order valence-electron chi connectivity index (χ0n) is 17.0. The second-order valence-corrected chi connectivity index (χ2v) is 7.75. The average molecular weight is 417 g/mol. The largest absolute Gasteiger partial charge is 0.444 e. The summed E-state index contributed by atoms with van der Waals surface area (Å²) in [5.74, 6) is 0.322. The molecular formula is C19H23N5O6.